The van der Waals surface area contributed by atoms with Crippen LogP contribution in [0.4, 0.5) is 4.39 Å². The summed E-state index contributed by atoms with van der Waals surface area (Å²) in [5.74, 6) is -1.32. The number of benzene rings is 1. The van der Waals surface area contributed by atoms with Crippen LogP contribution in [0, 0.1) is 5.82 Å². The van der Waals surface area contributed by atoms with Gasteiger partial charge in [-0.05, 0) is 25.0 Å². The predicted octanol–water partition coefficient (Wildman–Crippen LogP) is 1.63. The first-order chi connectivity index (χ1) is 9.79. The molecule has 1 aliphatic rings. The highest BCUT2D eigenvalue weighted by Crippen LogP contribution is 2.20. The first-order valence-corrected chi connectivity index (χ1v) is 8.71. The number of halogens is 2. The average Bonchev–Trinajstić information content (AvgIpc) is 2.37. The Hall–Kier alpha value is -1.18. The Bertz CT molecular complexity index is 631. The number of nitrogens with one attached hydrogen (secondary N) is 1. The van der Waals surface area contributed by atoms with Crippen LogP contribution in [0.25, 0.3) is 0 Å². The molecule has 1 unspecified atom stereocenters. The highest BCUT2D eigenvalue weighted by Gasteiger charge is 2.28. The van der Waals surface area contributed by atoms with Gasteiger partial charge in [-0.15, -0.1) is 0 Å². The van der Waals surface area contributed by atoms with E-state index >= 15 is 0 Å². The Morgan fingerprint density at radius 1 is 1.48 bits per heavy atom. The summed E-state index contributed by atoms with van der Waals surface area (Å²) < 4.78 is 38.0. The summed E-state index contributed by atoms with van der Waals surface area (Å²) in [6.45, 7) is 0.627. The van der Waals surface area contributed by atoms with Crippen molar-refractivity contribution in [2.24, 2.45) is 0 Å². The van der Waals surface area contributed by atoms with Crippen molar-refractivity contribution >= 4 is 27.5 Å². The summed E-state index contributed by atoms with van der Waals surface area (Å²) in [6.07, 6.45) is 2.41. The van der Waals surface area contributed by atoms with Gasteiger partial charge in [0.05, 0.1) is 16.8 Å². The number of sulfonamides is 1. The van der Waals surface area contributed by atoms with Gasteiger partial charge in [0.25, 0.3) is 5.91 Å². The molecule has 1 fully saturated rings. The average molecular weight is 335 g/mol. The first-order valence-electron chi connectivity index (χ1n) is 6.49. The minimum absolute atomic E-state index is 0.0308. The van der Waals surface area contributed by atoms with Gasteiger partial charge < -0.3 is 5.32 Å². The molecule has 1 heterocycles. The third-order valence-corrected chi connectivity index (χ3v) is 4.96. The summed E-state index contributed by atoms with van der Waals surface area (Å²) in [6, 6.07) is 3.66. The minimum Gasteiger partial charge on any atom is -0.348 e. The topological polar surface area (TPSA) is 66.5 Å². The number of hydrogen-bond donors (Lipinski definition) is 1. The zero-order chi connectivity index (χ0) is 15.6. The van der Waals surface area contributed by atoms with E-state index in [4.69, 9.17) is 11.6 Å². The van der Waals surface area contributed by atoms with Crippen molar-refractivity contribution in [2.45, 2.75) is 18.9 Å². The fraction of sp³-hybridized carbons (Fsp3) is 0.462. The Morgan fingerprint density at radius 2 is 2.19 bits per heavy atom. The van der Waals surface area contributed by atoms with Gasteiger partial charge >= 0.3 is 0 Å². The van der Waals surface area contributed by atoms with E-state index in [9.17, 15) is 17.6 Å². The van der Waals surface area contributed by atoms with E-state index in [0.29, 0.717) is 19.4 Å². The van der Waals surface area contributed by atoms with Crippen LogP contribution in [0.15, 0.2) is 18.2 Å². The summed E-state index contributed by atoms with van der Waals surface area (Å²) >= 11 is 5.84. The quantitative estimate of drug-likeness (QED) is 0.913. The minimum atomic E-state index is -3.29. The van der Waals surface area contributed by atoms with Gasteiger partial charge in [0.2, 0.25) is 10.0 Å². The summed E-state index contributed by atoms with van der Waals surface area (Å²) in [5, 5.41) is 2.68. The fourth-order valence-electron chi connectivity index (χ4n) is 2.33. The van der Waals surface area contributed by atoms with Gasteiger partial charge in [-0.3, -0.25) is 4.79 Å². The Kier molecular flexibility index (Phi) is 4.85. The lowest BCUT2D eigenvalue weighted by atomic mass is 10.1. The van der Waals surface area contributed by atoms with Crippen LogP contribution in [-0.4, -0.2) is 44.0 Å². The lowest BCUT2D eigenvalue weighted by molar-refractivity contribution is 0.0917. The molecular weight excluding hydrogens is 319 g/mol. The van der Waals surface area contributed by atoms with E-state index < -0.39 is 21.7 Å². The number of carbonyl (C=O) groups is 1. The summed E-state index contributed by atoms with van der Waals surface area (Å²) in [7, 11) is -3.29. The van der Waals surface area contributed by atoms with E-state index in [0.717, 1.165) is 12.3 Å². The molecule has 1 amide bonds. The number of rotatable bonds is 3. The molecule has 21 heavy (non-hydrogen) atoms. The molecular formula is C13H16ClFN2O3S. The lowest BCUT2D eigenvalue weighted by Gasteiger charge is -2.31. The van der Waals surface area contributed by atoms with Crippen LogP contribution in [0.1, 0.15) is 23.2 Å². The van der Waals surface area contributed by atoms with E-state index in [-0.39, 0.29) is 23.2 Å². The molecule has 0 aliphatic carbocycles. The first kappa shape index (κ1) is 16.2. The number of amides is 1. The van der Waals surface area contributed by atoms with E-state index in [1.165, 1.54) is 16.4 Å². The van der Waals surface area contributed by atoms with Crippen LogP contribution in [0.5, 0.6) is 0 Å². The summed E-state index contributed by atoms with van der Waals surface area (Å²) in [4.78, 5) is 12.1. The Balaban J connectivity index is 2.10. The normalized spacial score (nSPS) is 20.2. The van der Waals surface area contributed by atoms with Gasteiger partial charge in [-0.2, -0.15) is 0 Å². The zero-order valence-electron chi connectivity index (χ0n) is 11.5. The number of piperidine rings is 1. The predicted molar refractivity (Wildman–Crippen MR) is 78.3 cm³/mol. The molecule has 1 aromatic rings. The van der Waals surface area contributed by atoms with Crippen LogP contribution in [-0.2, 0) is 10.0 Å². The molecule has 1 N–H and O–H groups in total. The zero-order valence-corrected chi connectivity index (χ0v) is 13.0. The molecule has 5 nitrogen and oxygen atoms in total. The second-order valence-electron chi connectivity index (χ2n) is 5.03. The highest BCUT2D eigenvalue weighted by molar-refractivity contribution is 7.88. The SMILES string of the molecule is CS(=O)(=O)N1CCCC(NC(=O)c2c(F)cccc2Cl)C1. The van der Waals surface area contributed by atoms with Crippen LogP contribution in [0.2, 0.25) is 5.02 Å². The van der Waals surface area contributed by atoms with Crippen molar-refractivity contribution < 1.29 is 17.6 Å². The van der Waals surface area contributed by atoms with Gasteiger partial charge in [0, 0.05) is 19.1 Å². The van der Waals surface area contributed by atoms with Gasteiger partial charge in [0.15, 0.2) is 0 Å². The molecule has 0 radical (unpaired) electrons. The highest BCUT2D eigenvalue weighted by atomic mass is 35.5. The third-order valence-electron chi connectivity index (χ3n) is 3.38. The second kappa shape index (κ2) is 6.29. The molecule has 8 heteroatoms. The van der Waals surface area contributed by atoms with Crippen molar-refractivity contribution in [2.75, 3.05) is 19.3 Å². The van der Waals surface area contributed by atoms with Crippen molar-refractivity contribution in [3.63, 3.8) is 0 Å². The lowest BCUT2D eigenvalue weighted by Crippen LogP contribution is -2.49. The smallest absolute Gasteiger partial charge is 0.256 e. The van der Waals surface area contributed by atoms with Gasteiger partial charge in [-0.1, -0.05) is 17.7 Å². The molecule has 116 valence electrons. The van der Waals surface area contributed by atoms with E-state index in [2.05, 4.69) is 5.32 Å². The molecule has 0 spiro atoms. The molecule has 0 bridgehead atoms. The molecule has 0 aromatic heterocycles. The Morgan fingerprint density at radius 3 is 2.81 bits per heavy atom. The maximum atomic E-state index is 13.7. The molecule has 1 saturated heterocycles. The second-order valence-corrected chi connectivity index (χ2v) is 7.42. The fourth-order valence-corrected chi connectivity index (χ4v) is 3.49. The number of carbonyl (C=O) groups excluding carboxylic acids is 1. The van der Waals surface area contributed by atoms with E-state index in [1.807, 2.05) is 0 Å². The van der Waals surface area contributed by atoms with Crippen molar-refractivity contribution in [1.82, 2.24) is 9.62 Å². The standard InChI is InChI=1S/C13H16ClFN2O3S/c1-21(19,20)17-7-3-4-9(8-17)16-13(18)12-10(14)5-2-6-11(12)15/h2,5-6,9H,3-4,7-8H2,1H3,(H,16,18). The molecule has 0 saturated carbocycles. The van der Waals surface area contributed by atoms with Crippen molar-refractivity contribution in [1.29, 1.82) is 0 Å². The monoisotopic (exact) mass is 334 g/mol. The molecule has 1 aromatic carbocycles. The van der Waals surface area contributed by atoms with Crippen molar-refractivity contribution in [3.05, 3.63) is 34.6 Å². The van der Waals surface area contributed by atoms with Gasteiger partial charge in [0.1, 0.15) is 5.82 Å². The van der Waals surface area contributed by atoms with Crippen molar-refractivity contribution in [3.8, 4) is 0 Å². The van der Waals surface area contributed by atoms with Crippen LogP contribution < -0.4 is 5.32 Å². The van der Waals surface area contributed by atoms with E-state index in [1.54, 1.807) is 0 Å². The molecule has 1 aliphatic heterocycles. The molecule has 2 rings (SSSR count). The van der Waals surface area contributed by atoms with Crippen LogP contribution >= 0.6 is 11.6 Å². The Labute approximate surface area is 128 Å². The number of nitrogens with zero attached hydrogens (tertiary/aromatic N) is 1. The largest absolute Gasteiger partial charge is 0.348 e. The van der Waals surface area contributed by atoms with Gasteiger partial charge in [-0.25, -0.2) is 17.1 Å². The maximum Gasteiger partial charge on any atom is 0.256 e. The molecule has 1 atom stereocenters. The third kappa shape index (κ3) is 3.93. The summed E-state index contributed by atoms with van der Waals surface area (Å²) in [5.41, 5.74) is -0.212. The number of hydrogen-bond acceptors (Lipinski definition) is 3. The van der Waals surface area contributed by atoms with Crippen LogP contribution in [0.3, 0.4) is 0 Å². The maximum absolute atomic E-state index is 13.7.